The van der Waals surface area contributed by atoms with Crippen LogP contribution in [0.25, 0.3) is 0 Å². The molecule has 3 unspecified atom stereocenters. The maximum atomic E-state index is 12.2. The van der Waals surface area contributed by atoms with Crippen LogP contribution in [0, 0.1) is 17.8 Å². The molecule has 1 aromatic heterocycles. The van der Waals surface area contributed by atoms with Crippen molar-refractivity contribution in [2.45, 2.75) is 32.6 Å². The lowest BCUT2D eigenvalue weighted by molar-refractivity contribution is -0.146. The van der Waals surface area contributed by atoms with E-state index in [-0.39, 0.29) is 11.8 Å². The van der Waals surface area contributed by atoms with E-state index in [1.54, 1.807) is 17.5 Å². The smallest absolute Gasteiger partial charge is 0.307 e. The molecule has 2 rings (SSSR count). The zero-order chi connectivity index (χ0) is 14.5. The predicted molar refractivity (Wildman–Crippen MR) is 76.5 cm³/mol. The molecule has 0 bridgehead atoms. The third kappa shape index (κ3) is 3.56. The Bertz CT molecular complexity index is 461. The van der Waals surface area contributed by atoms with Gasteiger partial charge in [0.15, 0.2) is 0 Å². The first-order valence-corrected chi connectivity index (χ1v) is 7.88. The minimum Gasteiger partial charge on any atom is -0.481 e. The minimum atomic E-state index is -0.846. The van der Waals surface area contributed by atoms with Crippen molar-refractivity contribution < 1.29 is 14.7 Å². The van der Waals surface area contributed by atoms with E-state index in [1.807, 2.05) is 12.3 Å². The molecule has 1 aromatic rings. The quantitative estimate of drug-likeness (QED) is 0.841. The van der Waals surface area contributed by atoms with Crippen LogP contribution in [-0.2, 0) is 16.0 Å². The highest BCUT2D eigenvalue weighted by Crippen LogP contribution is 2.38. The third-order valence-electron chi connectivity index (χ3n) is 4.01. The molecule has 1 fully saturated rings. The van der Waals surface area contributed by atoms with Crippen LogP contribution >= 0.6 is 11.3 Å². The van der Waals surface area contributed by atoms with Gasteiger partial charge in [-0.15, -0.1) is 11.3 Å². The summed E-state index contributed by atoms with van der Waals surface area (Å²) in [6.07, 6.45) is 4.69. The van der Waals surface area contributed by atoms with Gasteiger partial charge in [0.2, 0.25) is 5.91 Å². The summed E-state index contributed by atoms with van der Waals surface area (Å²) in [5.41, 5.74) is 0. The molecule has 0 aliphatic heterocycles. The van der Waals surface area contributed by atoms with Crippen LogP contribution in [0.1, 0.15) is 31.2 Å². The van der Waals surface area contributed by atoms with Crippen molar-refractivity contribution in [3.05, 3.63) is 16.6 Å². The molecule has 0 spiro atoms. The first-order valence-electron chi connectivity index (χ1n) is 7.00. The fourth-order valence-corrected chi connectivity index (χ4v) is 3.46. The number of carbonyl (C=O) groups excluding carboxylic acids is 1. The molecule has 5 nitrogen and oxygen atoms in total. The van der Waals surface area contributed by atoms with Gasteiger partial charge >= 0.3 is 5.97 Å². The molecule has 1 aliphatic rings. The Hall–Kier alpha value is -1.43. The van der Waals surface area contributed by atoms with Crippen molar-refractivity contribution in [1.82, 2.24) is 10.3 Å². The Kier molecular flexibility index (Phi) is 5.11. The molecule has 3 atom stereocenters. The number of hydrogen-bond donors (Lipinski definition) is 2. The largest absolute Gasteiger partial charge is 0.481 e. The predicted octanol–water partition coefficient (Wildman–Crippen LogP) is 1.94. The molecule has 2 N–H and O–H groups in total. The van der Waals surface area contributed by atoms with E-state index in [2.05, 4.69) is 10.3 Å². The van der Waals surface area contributed by atoms with Crippen molar-refractivity contribution in [3.63, 3.8) is 0 Å². The Morgan fingerprint density at radius 1 is 1.45 bits per heavy atom. The van der Waals surface area contributed by atoms with Crippen LogP contribution in [0.4, 0.5) is 0 Å². The summed E-state index contributed by atoms with van der Waals surface area (Å²) in [5, 5.41) is 15.0. The summed E-state index contributed by atoms with van der Waals surface area (Å²) < 4.78 is 0. The lowest BCUT2D eigenvalue weighted by Crippen LogP contribution is -2.36. The van der Waals surface area contributed by atoms with E-state index in [0.29, 0.717) is 31.7 Å². The summed E-state index contributed by atoms with van der Waals surface area (Å²) in [6.45, 7) is 2.57. The second kappa shape index (κ2) is 6.83. The molecule has 0 radical (unpaired) electrons. The van der Waals surface area contributed by atoms with Gasteiger partial charge in [-0.05, 0) is 18.8 Å². The van der Waals surface area contributed by atoms with E-state index in [0.717, 1.165) is 11.4 Å². The Morgan fingerprint density at radius 3 is 2.80 bits per heavy atom. The molecule has 1 saturated carbocycles. The number of aliphatic carboxylic acids is 1. The first kappa shape index (κ1) is 15.0. The van der Waals surface area contributed by atoms with Gasteiger partial charge in [-0.3, -0.25) is 9.59 Å². The topological polar surface area (TPSA) is 79.3 Å². The Balaban J connectivity index is 1.85. The molecule has 1 heterocycles. The van der Waals surface area contributed by atoms with E-state index < -0.39 is 11.9 Å². The maximum Gasteiger partial charge on any atom is 0.307 e. The number of carboxylic acids is 1. The van der Waals surface area contributed by atoms with Gasteiger partial charge < -0.3 is 10.4 Å². The van der Waals surface area contributed by atoms with Crippen LogP contribution in [0.5, 0.6) is 0 Å². The number of hydrogen-bond acceptors (Lipinski definition) is 4. The van der Waals surface area contributed by atoms with Crippen molar-refractivity contribution in [2.75, 3.05) is 6.54 Å². The standard InChI is InChI=1S/C14H20N2O3S/c1-2-9-7-10(11(8-9)14(18)19)13(17)16-4-3-12-15-5-6-20-12/h5-6,9-11H,2-4,7-8H2,1H3,(H,16,17)(H,18,19). The average molecular weight is 296 g/mol. The van der Waals surface area contributed by atoms with Crippen molar-refractivity contribution in [3.8, 4) is 0 Å². The van der Waals surface area contributed by atoms with Gasteiger partial charge in [-0.2, -0.15) is 0 Å². The van der Waals surface area contributed by atoms with Crippen LogP contribution in [-0.4, -0.2) is 28.5 Å². The van der Waals surface area contributed by atoms with Gasteiger partial charge in [0.1, 0.15) is 0 Å². The highest BCUT2D eigenvalue weighted by molar-refractivity contribution is 7.09. The summed E-state index contributed by atoms with van der Waals surface area (Å²) in [6, 6.07) is 0. The zero-order valence-corrected chi connectivity index (χ0v) is 12.4. The van der Waals surface area contributed by atoms with Crippen molar-refractivity contribution in [2.24, 2.45) is 17.8 Å². The monoisotopic (exact) mass is 296 g/mol. The second-order valence-corrected chi connectivity index (χ2v) is 6.24. The lowest BCUT2D eigenvalue weighted by atomic mass is 9.95. The molecule has 110 valence electrons. The van der Waals surface area contributed by atoms with Gasteiger partial charge in [-0.1, -0.05) is 13.3 Å². The number of thiazole rings is 1. The summed E-state index contributed by atoms with van der Waals surface area (Å²) in [4.78, 5) is 27.6. The van der Waals surface area contributed by atoms with Crippen LogP contribution in [0.15, 0.2) is 11.6 Å². The summed E-state index contributed by atoms with van der Waals surface area (Å²) >= 11 is 1.56. The Labute approximate surface area is 122 Å². The highest BCUT2D eigenvalue weighted by atomic mass is 32.1. The fraction of sp³-hybridized carbons (Fsp3) is 0.643. The molecule has 0 saturated heterocycles. The van der Waals surface area contributed by atoms with E-state index >= 15 is 0 Å². The van der Waals surface area contributed by atoms with E-state index in [1.165, 1.54) is 0 Å². The molecular formula is C14H20N2O3S. The fourth-order valence-electron chi connectivity index (χ4n) is 2.84. The zero-order valence-electron chi connectivity index (χ0n) is 11.5. The van der Waals surface area contributed by atoms with Crippen molar-refractivity contribution in [1.29, 1.82) is 0 Å². The summed E-state index contributed by atoms with van der Waals surface area (Å²) in [7, 11) is 0. The number of nitrogens with one attached hydrogen (secondary N) is 1. The van der Waals surface area contributed by atoms with Crippen LogP contribution in [0.2, 0.25) is 0 Å². The average Bonchev–Trinajstić information content (AvgIpc) is 3.07. The van der Waals surface area contributed by atoms with Gasteiger partial charge in [0, 0.05) is 24.5 Å². The van der Waals surface area contributed by atoms with Gasteiger partial charge in [0.25, 0.3) is 0 Å². The number of rotatable bonds is 6. The maximum absolute atomic E-state index is 12.2. The van der Waals surface area contributed by atoms with Gasteiger partial charge in [-0.25, -0.2) is 4.98 Å². The van der Waals surface area contributed by atoms with Crippen molar-refractivity contribution >= 4 is 23.2 Å². The SMILES string of the molecule is CCC1CC(C(=O)O)C(C(=O)NCCc2nccs2)C1. The number of aromatic nitrogens is 1. The first-order chi connectivity index (χ1) is 9.61. The number of amides is 1. The molecule has 6 heteroatoms. The normalized spacial score (nSPS) is 25.6. The summed E-state index contributed by atoms with van der Waals surface area (Å²) in [5.74, 6) is -1.52. The van der Waals surface area contributed by atoms with Crippen LogP contribution < -0.4 is 5.32 Å². The molecular weight excluding hydrogens is 276 g/mol. The third-order valence-corrected chi connectivity index (χ3v) is 4.85. The lowest BCUT2D eigenvalue weighted by Gasteiger charge is -2.15. The van der Waals surface area contributed by atoms with E-state index in [9.17, 15) is 14.7 Å². The highest BCUT2D eigenvalue weighted by Gasteiger charge is 2.41. The Morgan fingerprint density at radius 2 is 2.20 bits per heavy atom. The van der Waals surface area contributed by atoms with Gasteiger partial charge in [0.05, 0.1) is 16.8 Å². The molecule has 1 aliphatic carbocycles. The molecule has 0 aromatic carbocycles. The van der Waals surface area contributed by atoms with Crippen LogP contribution in [0.3, 0.4) is 0 Å². The van der Waals surface area contributed by atoms with E-state index in [4.69, 9.17) is 0 Å². The molecule has 1 amide bonds. The minimum absolute atomic E-state index is 0.120. The molecule has 20 heavy (non-hydrogen) atoms. The number of carboxylic acid groups (broad SMARTS) is 1. The number of carbonyl (C=O) groups is 2. The second-order valence-electron chi connectivity index (χ2n) is 5.26. The number of nitrogens with zero attached hydrogens (tertiary/aromatic N) is 1.